The Kier molecular flexibility index (Phi) is 4.99. The summed E-state index contributed by atoms with van der Waals surface area (Å²) >= 11 is 0. The summed E-state index contributed by atoms with van der Waals surface area (Å²) in [6.07, 6.45) is 0.635. The Morgan fingerprint density at radius 2 is 1.71 bits per heavy atom. The number of amides is 1. The van der Waals surface area contributed by atoms with E-state index in [1.165, 1.54) is 0 Å². The lowest BCUT2D eigenvalue weighted by Gasteiger charge is -2.29. The van der Waals surface area contributed by atoms with Crippen LogP contribution in [0.1, 0.15) is 41.0 Å². The summed E-state index contributed by atoms with van der Waals surface area (Å²) in [5, 5.41) is 9.57. The van der Waals surface area contributed by atoms with Gasteiger partial charge >= 0.3 is 0 Å². The number of aliphatic hydroxyl groups is 1. The summed E-state index contributed by atoms with van der Waals surface area (Å²) in [5.74, 6) is 1.42. The number of nitrogens with zero attached hydrogens (tertiary/aromatic N) is 1. The molecule has 0 aromatic carbocycles. The van der Waals surface area contributed by atoms with Crippen LogP contribution < -0.4 is 0 Å². The second-order valence-electron chi connectivity index (χ2n) is 6.09. The van der Waals surface area contributed by atoms with Gasteiger partial charge in [0.1, 0.15) is 0 Å². The Hall–Kier alpha value is -0.570. The minimum absolute atomic E-state index is 0.114. The molecule has 2 unspecified atom stereocenters. The average Bonchev–Trinajstić information content (AvgIpc) is 2.64. The molecule has 1 saturated heterocycles. The lowest BCUT2D eigenvalue weighted by molar-refractivity contribution is -0.137. The van der Waals surface area contributed by atoms with Gasteiger partial charge in [-0.2, -0.15) is 0 Å². The zero-order valence-corrected chi connectivity index (χ0v) is 11.8. The second kappa shape index (κ2) is 5.85. The first-order chi connectivity index (χ1) is 7.84. The molecular formula is C14H27NO2. The SMILES string of the molecule is CC(C)C(C(=O)N1CCC(C(C)O)C1)C(C)C. The summed E-state index contributed by atoms with van der Waals surface area (Å²) in [7, 11) is 0. The lowest BCUT2D eigenvalue weighted by Crippen LogP contribution is -2.39. The van der Waals surface area contributed by atoms with Crippen LogP contribution in [-0.2, 0) is 4.79 Å². The van der Waals surface area contributed by atoms with E-state index < -0.39 is 0 Å². The van der Waals surface area contributed by atoms with Crippen LogP contribution in [0.5, 0.6) is 0 Å². The minimum atomic E-state index is -0.302. The Morgan fingerprint density at radius 1 is 1.18 bits per heavy atom. The molecule has 0 aliphatic carbocycles. The van der Waals surface area contributed by atoms with E-state index in [9.17, 15) is 9.90 Å². The maximum absolute atomic E-state index is 12.4. The Balaban J connectivity index is 2.64. The second-order valence-corrected chi connectivity index (χ2v) is 6.09. The van der Waals surface area contributed by atoms with Crippen molar-refractivity contribution >= 4 is 5.91 Å². The van der Waals surface area contributed by atoms with Gasteiger partial charge in [0.05, 0.1) is 6.10 Å². The van der Waals surface area contributed by atoms with Crippen molar-refractivity contribution in [3.05, 3.63) is 0 Å². The molecule has 3 heteroatoms. The van der Waals surface area contributed by atoms with Crippen molar-refractivity contribution in [3.8, 4) is 0 Å². The highest BCUT2D eigenvalue weighted by molar-refractivity contribution is 5.79. The van der Waals surface area contributed by atoms with E-state index >= 15 is 0 Å². The normalized spacial score (nSPS) is 22.9. The molecule has 2 atom stereocenters. The van der Waals surface area contributed by atoms with Gasteiger partial charge in [-0.15, -0.1) is 0 Å². The van der Waals surface area contributed by atoms with E-state index in [4.69, 9.17) is 0 Å². The van der Waals surface area contributed by atoms with Crippen molar-refractivity contribution in [1.29, 1.82) is 0 Å². The molecule has 17 heavy (non-hydrogen) atoms. The van der Waals surface area contributed by atoms with Gasteiger partial charge in [0.25, 0.3) is 0 Å². The van der Waals surface area contributed by atoms with Gasteiger partial charge in [-0.1, -0.05) is 27.7 Å². The topological polar surface area (TPSA) is 40.5 Å². The van der Waals surface area contributed by atoms with Crippen LogP contribution in [0.15, 0.2) is 0 Å². The van der Waals surface area contributed by atoms with Gasteiger partial charge in [-0.25, -0.2) is 0 Å². The fraction of sp³-hybridized carbons (Fsp3) is 0.929. The molecule has 0 aromatic rings. The van der Waals surface area contributed by atoms with Crippen molar-refractivity contribution in [1.82, 2.24) is 4.90 Å². The van der Waals surface area contributed by atoms with Crippen LogP contribution in [0.3, 0.4) is 0 Å². The van der Waals surface area contributed by atoms with Gasteiger partial charge < -0.3 is 10.0 Å². The quantitative estimate of drug-likeness (QED) is 0.819. The summed E-state index contributed by atoms with van der Waals surface area (Å²) in [5.41, 5.74) is 0. The fourth-order valence-corrected chi connectivity index (χ4v) is 2.93. The summed E-state index contributed by atoms with van der Waals surface area (Å²) in [4.78, 5) is 14.4. The Labute approximate surface area is 105 Å². The molecule has 1 aliphatic heterocycles. The molecule has 1 amide bonds. The van der Waals surface area contributed by atoms with Gasteiger partial charge in [0, 0.05) is 24.9 Å². The predicted octanol–water partition coefficient (Wildman–Crippen LogP) is 2.14. The lowest BCUT2D eigenvalue weighted by atomic mass is 9.84. The number of aliphatic hydroxyl groups excluding tert-OH is 1. The number of carbonyl (C=O) groups is 1. The first-order valence-electron chi connectivity index (χ1n) is 6.81. The largest absolute Gasteiger partial charge is 0.393 e. The molecule has 1 rings (SSSR count). The Bertz CT molecular complexity index is 253. The predicted molar refractivity (Wildman–Crippen MR) is 69.5 cm³/mol. The van der Waals surface area contributed by atoms with Crippen molar-refractivity contribution in [2.75, 3.05) is 13.1 Å². The zero-order valence-electron chi connectivity index (χ0n) is 11.8. The third-order valence-electron chi connectivity index (χ3n) is 3.94. The first-order valence-corrected chi connectivity index (χ1v) is 6.81. The molecule has 1 fully saturated rings. The summed E-state index contributed by atoms with van der Waals surface area (Å²) < 4.78 is 0. The van der Waals surface area contributed by atoms with Crippen LogP contribution in [-0.4, -0.2) is 35.1 Å². The molecule has 3 nitrogen and oxygen atoms in total. The summed E-state index contributed by atoms with van der Waals surface area (Å²) in [6, 6.07) is 0. The number of hydrogen-bond donors (Lipinski definition) is 1. The van der Waals surface area contributed by atoms with Gasteiger partial charge in [-0.05, 0) is 25.2 Å². The molecule has 1 N–H and O–H groups in total. The molecular weight excluding hydrogens is 214 g/mol. The molecule has 0 spiro atoms. The minimum Gasteiger partial charge on any atom is -0.393 e. The highest BCUT2D eigenvalue weighted by Gasteiger charge is 2.34. The highest BCUT2D eigenvalue weighted by atomic mass is 16.3. The van der Waals surface area contributed by atoms with Crippen LogP contribution in [0.2, 0.25) is 0 Å². The standard InChI is InChI=1S/C14H27NO2/c1-9(2)13(10(3)4)14(17)15-7-6-12(8-15)11(5)16/h9-13,16H,6-8H2,1-5H3. The first kappa shape index (κ1) is 14.5. The van der Waals surface area contributed by atoms with Crippen LogP contribution in [0.25, 0.3) is 0 Å². The zero-order chi connectivity index (χ0) is 13.2. The Morgan fingerprint density at radius 3 is 2.06 bits per heavy atom. The highest BCUT2D eigenvalue weighted by Crippen LogP contribution is 2.27. The van der Waals surface area contributed by atoms with E-state index in [0.29, 0.717) is 11.8 Å². The summed E-state index contributed by atoms with van der Waals surface area (Å²) in [6.45, 7) is 11.8. The molecule has 0 radical (unpaired) electrons. The smallest absolute Gasteiger partial charge is 0.226 e. The molecule has 0 aromatic heterocycles. The van der Waals surface area contributed by atoms with Crippen molar-refractivity contribution in [3.63, 3.8) is 0 Å². The average molecular weight is 241 g/mol. The van der Waals surface area contributed by atoms with Crippen molar-refractivity contribution in [2.45, 2.75) is 47.1 Å². The van der Waals surface area contributed by atoms with Gasteiger partial charge in [-0.3, -0.25) is 4.79 Å². The van der Waals surface area contributed by atoms with Gasteiger partial charge in [0.15, 0.2) is 0 Å². The fourth-order valence-electron chi connectivity index (χ4n) is 2.93. The molecule has 1 heterocycles. The maximum Gasteiger partial charge on any atom is 0.226 e. The number of hydrogen-bond acceptors (Lipinski definition) is 2. The number of carbonyl (C=O) groups excluding carboxylic acids is 1. The van der Waals surface area contributed by atoms with Crippen LogP contribution in [0.4, 0.5) is 0 Å². The van der Waals surface area contributed by atoms with E-state index in [2.05, 4.69) is 27.7 Å². The molecule has 100 valence electrons. The monoisotopic (exact) mass is 241 g/mol. The van der Waals surface area contributed by atoms with Crippen molar-refractivity contribution in [2.24, 2.45) is 23.7 Å². The third-order valence-corrected chi connectivity index (χ3v) is 3.94. The third kappa shape index (κ3) is 3.44. The van der Waals surface area contributed by atoms with E-state index in [1.54, 1.807) is 0 Å². The number of rotatable bonds is 4. The van der Waals surface area contributed by atoms with Crippen LogP contribution in [0, 0.1) is 23.7 Å². The van der Waals surface area contributed by atoms with E-state index in [1.807, 2.05) is 11.8 Å². The molecule has 0 bridgehead atoms. The van der Waals surface area contributed by atoms with Gasteiger partial charge in [0.2, 0.25) is 5.91 Å². The van der Waals surface area contributed by atoms with Crippen molar-refractivity contribution < 1.29 is 9.90 Å². The van der Waals surface area contributed by atoms with E-state index in [-0.39, 0.29) is 23.8 Å². The van der Waals surface area contributed by atoms with Crippen LogP contribution >= 0.6 is 0 Å². The molecule has 0 saturated carbocycles. The molecule has 1 aliphatic rings. The number of likely N-dealkylation sites (tertiary alicyclic amines) is 1. The maximum atomic E-state index is 12.4. The van der Waals surface area contributed by atoms with E-state index in [0.717, 1.165) is 19.5 Å².